The number of carboxylic acid groups (broad SMARTS) is 1. The van der Waals surface area contributed by atoms with Crippen LogP contribution >= 0.6 is 0 Å². The van der Waals surface area contributed by atoms with Crippen LogP contribution in [0.3, 0.4) is 0 Å². The van der Waals surface area contributed by atoms with Gasteiger partial charge in [0.1, 0.15) is 11.4 Å². The molecule has 23 heavy (non-hydrogen) atoms. The van der Waals surface area contributed by atoms with Crippen molar-refractivity contribution in [1.29, 1.82) is 0 Å². The number of aromatic carboxylic acids is 1. The highest BCUT2D eigenvalue weighted by molar-refractivity contribution is 5.90. The fourth-order valence-electron chi connectivity index (χ4n) is 2.11. The SMILES string of the molecule is O=C(O)c1nnn(-c2ccc(O)cc2)c1/C=C/c1ccccc1. The number of benzene rings is 2. The third-order valence-corrected chi connectivity index (χ3v) is 3.24. The number of aromatic nitrogens is 3. The molecule has 0 saturated carbocycles. The van der Waals surface area contributed by atoms with Crippen LogP contribution in [0.1, 0.15) is 21.7 Å². The van der Waals surface area contributed by atoms with Gasteiger partial charge in [-0.2, -0.15) is 0 Å². The van der Waals surface area contributed by atoms with Crippen LogP contribution in [0.15, 0.2) is 54.6 Å². The molecule has 3 aromatic rings. The first-order valence-electron chi connectivity index (χ1n) is 6.86. The van der Waals surface area contributed by atoms with Crippen LogP contribution in [0.25, 0.3) is 17.8 Å². The molecule has 0 aliphatic carbocycles. The number of nitrogens with zero attached hydrogens (tertiary/aromatic N) is 3. The van der Waals surface area contributed by atoms with E-state index >= 15 is 0 Å². The van der Waals surface area contributed by atoms with Gasteiger partial charge in [0.2, 0.25) is 0 Å². The Balaban J connectivity index is 2.06. The van der Waals surface area contributed by atoms with Crippen LogP contribution in [0, 0.1) is 0 Å². The highest BCUT2D eigenvalue weighted by Gasteiger charge is 2.17. The molecule has 0 bridgehead atoms. The van der Waals surface area contributed by atoms with E-state index in [0.29, 0.717) is 11.4 Å². The Kier molecular flexibility index (Phi) is 3.88. The van der Waals surface area contributed by atoms with E-state index in [1.54, 1.807) is 24.3 Å². The fraction of sp³-hybridized carbons (Fsp3) is 0. The van der Waals surface area contributed by atoms with Gasteiger partial charge in [-0.25, -0.2) is 9.48 Å². The second-order valence-electron chi connectivity index (χ2n) is 4.80. The van der Waals surface area contributed by atoms with E-state index < -0.39 is 5.97 Å². The van der Waals surface area contributed by atoms with Crippen molar-refractivity contribution in [2.45, 2.75) is 0 Å². The molecule has 0 saturated heterocycles. The van der Waals surface area contributed by atoms with Crippen molar-refractivity contribution in [3.8, 4) is 11.4 Å². The number of rotatable bonds is 4. The summed E-state index contributed by atoms with van der Waals surface area (Å²) in [6, 6.07) is 15.8. The van der Waals surface area contributed by atoms with Crippen molar-refractivity contribution in [1.82, 2.24) is 15.0 Å². The van der Waals surface area contributed by atoms with Gasteiger partial charge in [0.05, 0.1) is 5.69 Å². The monoisotopic (exact) mass is 307 g/mol. The Bertz CT molecular complexity index is 853. The molecule has 3 rings (SSSR count). The molecular weight excluding hydrogens is 294 g/mol. The summed E-state index contributed by atoms with van der Waals surface area (Å²) < 4.78 is 1.42. The van der Waals surface area contributed by atoms with Gasteiger partial charge >= 0.3 is 5.97 Å². The highest BCUT2D eigenvalue weighted by atomic mass is 16.4. The molecule has 0 fully saturated rings. The number of carbonyl (C=O) groups is 1. The molecule has 0 aliphatic rings. The van der Waals surface area contributed by atoms with Crippen molar-refractivity contribution in [3.63, 3.8) is 0 Å². The standard InChI is InChI=1S/C17H13N3O3/c21-14-9-7-13(8-10-14)20-15(16(17(22)23)18-19-20)11-6-12-4-2-1-3-5-12/h1-11,21H,(H,22,23)/b11-6+. The van der Waals surface area contributed by atoms with E-state index in [1.807, 2.05) is 30.3 Å². The van der Waals surface area contributed by atoms with E-state index in [4.69, 9.17) is 0 Å². The zero-order chi connectivity index (χ0) is 16.2. The van der Waals surface area contributed by atoms with E-state index in [2.05, 4.69) is 10.3 Å². The molecule has 0 radical (unpaired) electrons. The summed E-state index contributed by atoms with van der Waals surface area (Å²) >= 11 is 0. The van der Waals surface area contributed by atoms with Gasteiger partial charge in [-0.1, -0.05) is 41.6 Å². The van der Waals surface area contributed by atoms with Crippen molar-refractivity contribution >= 4 is 18.1 Å². The van der Waals surface area contributed by atoms with Gasteiger partial charge in [0.15, 0.2) is 5.69 Å². The third-order valence-electron chi connectivity index (χ3n) is 3.24. The first kappa shape index (κ1) is 14.5. The second-order valence-corrected chi connectivity index (χ2v) is 4.80. The van der Waals surface area contributed by atoms with Crippen molar-refractivity contribution in [3.05, 3.63) is 71.5 Å². The van der Waals surface area contributed by atoms with Gasteiger partial charge in [0, 0.05) is 0 Å². The zero-order valence-corrected chi connectivity index (χ0v) is 12.0. The first-order valence-corrected chi connectivity index (χ1v) is 6.86. The minimum absolute atomic E-state index is 0.119. The van der Waals surface area contributed by atoms with Crippen LogP contribution in [0.2, 0.25) is 0 Å². The summed E-state index contributed by atoms with van der Waals surface area (Å²) in [6.07, 6.45) is 3.45. The second kappa shape index (κ2) is 6.15. The summed E-state index contributed by atoms with van der Waals surface area (Å²) in [6.45, 7) is 0. The number of carboxylic acids is 1. The molecular formula is C17H13N3O3. The topological polar surface area (TPSA) is 88.2 Å². The maximum atomic E-state index is 11.3. The number of phenols is 1. The number of aromatic hydroxyl groups is 1. The Morgan fingerprint density at radius 1 is 1.00 bits per heavy atom. The molecule has 6 nitrogen and oxygen atoms in total. The van der Waals surface area contributed by atoms with Crippen molar-refractivity contribution < 1.29 is 15.0 Å². The van der Waals surface area contributed by atoms with Gasteiger partial charge in [-0.15, -0.1) is 5.10 Å². The number of hydrogen-bond acceptors (Lipinski definition) is 4. The normalized spacial score (nSPS) is 11.0. The molecule has 1 heterocycles. The van der Waals surface area contributed by atoms with E-state index in [0.717, 1.165) is 5.56 Å². The molecule has 1 aromatic heterocycles. The van der Waals surface area contributed by atoms with Gasteiger partial charge in [0.25, 0.3) is 0 Å². The minimum Gasteiger partial charge on any atom is -0.508 e. The molecule has 2 aromatic carbocycles. The highest BCUT2D eigenvalue weighted by Crippen LogP contribution is 2.18. The van der Waals surface area contributed by atoms with Gasteiger partial charge < -0.3 is 10.2 Å². The lowest BCUT2D eigenvalue weighted by Gasteiger charge is -2.04. The summed E-state index contributed by atoms with van der Waals surface area (Å²) in [5.74, 6) is -1.03. The molecule has 2 N–H and O–H groups in total. The molecule has 0 unspecified atom stereocenters. The molecule has 114 valence electrons. The van der Waals surface area contributed by atoms with Crippen LogP contribution in [0.4, 0.5) is 0 Å². The first-order chi connectivity index (χ1) is 11.1. The maximum Gasteiger partial charge on any atom is 0.358 e. The van der Waals surface area contributed by atoms with Crippen LogP contribution < -0.4 is 0 Å². The molecule has 0 amide bonds. The largest absolute Gasteiger partial charge is 0.508 e. The number of hydrogen-bond donors (Lipinski definition) is 2. The lowest BCUT2D eigenvalue weighted by Crippen LogP contribution is -2.02. The summed E-state index contributed by atoms with van der Waals surface area (Å²) in [5.41, 5.74) is 1.76. The average Bonchev–Trinajstić information content (AvgIpc) is 2.99. The maximum absolute atomic E-state index is 11.3. The van der Waals surface area contributed by atoms with Crippen LogP contribution in [-0.2, 0) is 0 Å². The Hall–Kier alpha value is -3.41. The fourth-order valence-corrected chi connectivity index (χ4v) is 2.11. The third kappa shape index (κ3) is 3.11. The summed E-state index contributed by atoms with van der Waals surface area (Å²) in [7, 11) is 0. The zero-order valence-electron chi connectivity index (χ0n) is 12.0. The molecule has 0 spiro atoms. The predicted octanol–water partition coefficient (Wildman–Crippen LogP) is 2.84. The molecule has 0 aliphatic heterocycles. The summed E-state index contributed by atoms with van der Waals surface area (Å²) in [5, 5.41) is 26.3. The Morgan fingerprint density at radius 2 is 1.70 bits per heavy atom. The van der Waals surface area contributed by atoms with Crippen LogP contribution in [0.5, 0.6) is 5.75 Å². The van der Waals surface area contributed by atoms with Crippen molar-refractivity contribution in [2.75, 3.05) is 0 Å². The quantitative estimate of drug-likeness (QED) is 0.773. The van der Waals surface area contributed by atoms with Crippen LogP contribution in [-0.4, -0.2) is 31.2 Å². The predicted molar refractivity (Wildman–Crippen MR) is 85.4 cm³/mol. The smallest absolute Gasteiger partial charge is 0.358 e. The van der Waals surface area contributed by atoms with Crippen molar-refractivity contribution in [2.24, 2.45) is 0 Å². The van der Waals surface area contributed by atoms with E-state index in [-0.39, 0.29) is 11.4 Å². The molecule has 6 heteroatoms. The average molecular weight is 307 g/mol. The Morgan fingerprint density at radius 3 is 2.35 bits per heavy atom. The van der Waals surface area contributed by atoms with E-state index in [1.165, 1.54) is 16.8 Å². The van der Waals surface area contributed by atoms with Gasteiger partial charge in [-0.05, 0) is 35.9 Å². The number of phenolic OH excluding ortho intramolecular Hbond substituents is 1. The molecule has 0 atom stereocenters. The Labute approximate surface area is 131 Å². The van der Waals surface area contributed by atoms with Gasteiger partial charge in [-0.3, -0.25) is 0 Å². The van der Waals surface area contributed by atoms with E-state index in [9.17, 15) is 15.0 Å². The lowest BCUT2D eigenvalue weighted by molar-refractivity contribution is 0.0690. The summed E-state index contributed by atoms with van der Waals surface area (Å²) in [4.78, 5) is 11.3. The lowest BCUT2D eigenvalue weighted by atomic mass is 10.2. The minimum atomic E-state index is -1.15.